The molecule has 0 atom stereocenters. The van der Waals surface area contributed by atoms with Gasteiger partial charge in [0.15, 0.2) is 5.78 Å². The van der Waals surface area contributed by atoms with E-state index in [-0.39, 0.29) is 5.78 Å². The summed E-state index contributed by atoms with van der Waals surface area (Å²) >= 11 is 0. The second-order valence-corrected chi connectivity index (χ2v) is 6.28. The molecule has 2 fully saturated rings. The standard InChI is InChI=1S/C17H20N2O/c20-17(11-19(13-7-8-13)10-12-5-6-12)15-9-18-16-4-2-1-3-14(15)16/h1-4,9,12-13,18H,5-8,10-11H2. The maximum Gasteiger partial charge on any atom is 0.178 e. The molecule has 2 saturated carbocycles. The highest BCUT2D eigenvalue weighted by Crippen LogP contribution is 2.35. The number of carbonyl (C=O) groups is 1. The first-order chi connectivity index (χ1) is 9.81. The fourth-order valence-electron chi connectivity index (χ4n) is 2.99. The zero-order chi connectivity index (χ0) is 13.5. The minimum absolute atomic E-state index is 0.259. The summed E-state index contributed by atoms with van der Waals surface area (Å²) in [6.07, 6.45) is 7.12. The molecule has 2 aliphatic carbocycles. The average molecular weight is 268 g/mol. The van der Waals surface area contributed by atoms with Gasteiger partial charge in [-0.3, -0.25) is 9.69 Å². The fraction of sp³-hybridized carbons (Fsp3) is 0.471. The third-order valence-corrected chi connectivity index (χ3v) is 4.49. The van der Waals surface area contributed by atoms with E-state index in [9.17, 15) is 4.79 Å². The largest absolute Gasteiger partial charge is 0.360 e. The quantitative estimate of drug-likeness (QED) is 0.817. The molecule has 0 aliphatic heterocycles. The van der Waals surface area contributed by atoms with Crippen molar-refractivity contribution in [3.63, 3.8) is 0 Å². The Morgan fingerprint density at radius 1 is 1.20 bits per heavy atom. The number of aromatic amines is 1. The minimum atomic E-state index is 0.259. The lowest BCUT2D eigenvalue weighted by molar-refractivity contribution is 0.0922. The number of hydrogen-bond donors (Lipinski definition) is 1. The Bertz CT molecular complexity index is 637. The third-order valence-electron chi connectivity index (χ3n) is 4.49. The summed E-state index contributed by atoms with van der Waals surface area (Å²) in [5, 5.41) is 1.06. The number of aromatic nitrogens is 1. The summed E-state index contributed by atoms with van der Waals surface area (Å²) in [4.78, 5) is 18.2. The molecular weight excluding hydrogens is 248 g/mol. The first-order valence-electron chi connectivity index (χ1n) is 7.64. The molecule has 0 bridgehead atoms. The van der Waals surface area contributed by atoms with Crippen LogP contribution in [-0.2, 0) is 0 Å². The topological polar surface area (TPSA) is 36.1 Å². The van der Waals surface area contributed by atoms with Crippen molar-refractivity contribution in [3.8, 4) is 0 Å². The van der Waals surface area contributed by atoms with E-state index in [1.165, 1.54) is 25.7 Å². The van der Waals surface area contributed by atoms with Crippen LogP contribution in [0.1, 0.15) is 36.0 Å². The van der Waals surface area contributed by atoms with Crippen molar-refractivity contribution in [2.75, 3.05) is 13.1 Å². The van der Waals surface area contributed by atoms with Crippen LogP contribution in [-0.4, -0.2) is 34.8 Å². The van der Waals surface area contributed by atoms with Crippen LogP contribution in [0.15, 0.2) is 30.5 Å². The molecule has 0 spiro atoms. The SMILES string of the molecule is O=C(CN(CC1CC1)C1CC1)c1c[nH]c2ccccc12. The maximum absolute atomic E-state index is 12.6. The number of Topliss-reactive ketones (excluding diaryl/α,β-unsaturated/α-hetero) is 1. The molecule has 2 aliphatic rings. The smallest absolute Gasteiger partial charge is 0.178 e. The van der Waals surface area contributed by atoms with Crippen molar-refractivity contribution < 1.29 is 4.79 Å². The van der Waals surface area contributed by atoms with Crippen LogP contribution in [0, 0.1) is 5.92 Å². The highest BCUT2D eigenvalue weighted by molar-refractivity contribution is 6.08. The van der Waals surface area contributed by atoms with E-state index in [4.69, 9.17) is 0 Å². The number of ketones is 1. The molecule has 0 unspecified atom stereocenters. The lowest BCUT2D eigenvalue weighted by atomic mass is 10.1. The molecule has 4 rings (SSSR count). The van der Waals surface area contributed by atoms with Gasteiger partial charge in [-0.1, -0.05) is 18.2 Å². The Kier molecular flexibility index (Phi) is 2.88. The monoisotopic (exact) mass is 268 g/mol. The van der Waals surface area contributed by atoms with Gasteiger partial charge in [-0.05, 0) is 37.7 Å². The van der Waals surface area contributed by atoms with Crippen molar-refractivity contribution >= 4 is 16.7 Å². The number of benzene rings is 1. The Labute approximate surface area is 119 Å². The van der Waals surface area contributed by atoms with E-state index in [2.05, 4.69) is 9.88 Å². The molecule has 0 radical (unpaired) electrons. The Balaban J connectivity index is 1.53. The summed E-state index contributed by atoms with van der Waals surface area (Å²) in [6.45, 7) is 1.71. The van der Waals surface area contributed by atoms with Crippen molar-refractivity contribution in [2.24, 2.45) is 5.92 Å². The number of para-hydroxylation sites is 1. The second-order valence-electron chi connectivity index (χ2n) is 6.28. The van der Waals surface area contributed by atoms with Crippen LogP contribution in [0.3, 0.4) is 0 Å². The van der Waals surface area contributed by atoms with Gasteiger partial charge in [-0.15, -0.1) is 0 Å². The molecule has 1 aromatic carbocycles. The van der Waals surface area contributed by atoms with E-state index >= 15 is 0 Å². The van der Waals surface area contributed by atoms with Crippen LogP contribution in [0.5, 0.6) is 0 Å². The summed E-state index contributed by atoms with van der Waals surface area (Å²) in [6, 6.07) is 8.72. The number of nitrogens with one attached hydrogen (secondary N) is 1. The van der Waals surface area contributed by atoms with E-state index in [0.717, 1.165) is 28.9 Å². The lowest BCUT2D eigenvalue weighted by Crippen LogP contribution is -2.33. The zero-order valence-electron chi connectivity index (χ0n) is 11.6. The number of hydrogen-bond acceptors (Lipinski definition) is 2. The first-order valence-corrected chi connectivity index (χ1v) is 7.64. The van der Waals surface area contributed by atoms with Gasteiger partial charge in [0, 0.05) is 35.2 Å². The minimum Gasteiger partial charge on any atom is -0.360 e. The van der Waals surface area contributed by atoms with Gasteiger partial charge in [-0.2, -0.15) is 0 Å². The van der Waals surface area contributed by atoms with Crippen molar-refractivity contribution in [1.82, 2.24) is 9.88 Å². The predicted molar refractivity (Wildman–Crippen MR) is 79.9 cm³/mol. The van der Waals surface area contributed by atoms with Crippen LogP contribution in [0.2, 0.25) is 0 Å². The van der Waals surface area contributed by atoms with Crippen LogP contribution in [0.4, 0.5) is 0 Å². The molecule has 0 amide bonds. The van der Waals surface area contributed by atoms with Crippen LogP contribution >= 0.6 is 0 Å². The molecule has 3 heteroatoms. The van der Waals surface area contributed by atoms with Gasteiger partial charge in [0.2, 0.25) is 0 Å². The molecule has 3 nitrogen and oxygen atoms in total. The number of carbonyl (C=O) groups excluding carboxylic acids is 1. The summed E-state index contributed by atoms with van der Waals surface area (Å²) < 4.78 is 0. The predicted octanol–water partition coefficient (Wildman–Crippen LogP) is 3.23. The average Bonchev–Trinajstić information content (AvgIpc) is 3.36. The normalized spacial score (nSPS) is 18.9. The fourth-order valence-corrected chi connectivity index (χ4v) is 2.99. The molecule has 1 heterocycles. The lowest BCUT2D eigenvalue weighted by Gasteiger charge is -2.20. The van der Waals surface area contributed by atoms with E-state index in [0.29, 0.717) is 12.6 Å². The van der Waals surface area contributed by atoms with Gasteiger partial charge >= 0.3 is 0 Å². The summed E-state index contributed by atoms with van der Waals surface area (Å²) in [7, 11) is 0. The summed E-state index contributed by atoms with van der Waals surface area (Å²) in [5.41, 5.74) is 1.90. The van der Waals surface area contributed by atoms with Gasteiger partial charge in [-0.25, -0.2) is 0 Å². The molecule has 1 aromatic heterocycles. The van der Waals surface area contributed by atoms with E-state index in [1.54, 1.807) is 0 Å². The molecule has 1 N–H and O–H groups in total. The van der Waals surface area contributed by atoms with Crippen molar-refractivity contribution in [3.05, 3.63) is 36.0 Å². The van der Waals surface area contributed by atoms with Crippen molar-refractivity contribution in [1.29, 1.82) is 0 Å². The van der Waals surface area contributed by atoms with Crippen LogP contribution in [0.25, 0.3) is 10.9 Å². The van der Waals surface area contributed by atoms with Gasteiger partial charge in [0.25, 0.3) is 0 Å². The number of fused-ring (bicyclic) bond motifs is 1. The number of nitrogens with zero attached hydrogens (tertiary/aromatic N) is 1. The zero-order valence-corrected chi connectivity index (χ0v) is 11.6. The number of rotatable bonds is 6. The molecule has 104 valence electrons. The first kappa shape index (κ1) is 12.2. The Hall–Kier alpha value is -1.61. The molecule has 20 heavy (non-hydrogen) atoms. The maximum atomic E-state index is 12.6. The molecule has 0 saturated heterocycles. The Morgan fingerprint density at radius 3 is 2.75 bits per heavy atom. The molecule has 2 aromatic rings. The second kappa shape index (κ2) is 4.74. The van der Waals surface area contributed by atoms with Crippen LogP contribution < -0.4 is 0 Å². The summed E-state index contributed by atoms with van der Waals surface area (Å²) in [5.74, 6) is 1.11. The van der Waals surface area contributed by atoms with Gasteiger partial charge in [0.1, 0.15) is 0 Å². The van der Waals surface area contributed by atoms with Crippen molar-refractivity contribution in [2.45, 2.75) is 31.7 Å². The number of H-pyrrole nitrogens is 1. The van der Waals surface area contributed by atoms with E-state index in [1.807, 2.05) is 30.5 Å². The molecular formula is C17H20N2O. The highest BCUT2D eigenvalue weighted by atomic mass is 16.1. The van der Waals surface area contributed by atoms with Gasteiger partial charge in [0.05, 0.1) is 6.54 Å². The highest BCUT2D eigenvalue weighted by Gasteiger charge is 2.34. The van der Waals surface area contributed by atoms with Gasteiger partial charge < -0.3 is 4.98 Å². The van der Waals surface area contributed by atoms with E-state index < -0.39 is 0 Å². The third kappa shape index (κ3) is 2.38. The Morgan fingerprint density at radius 2 is 2.00 bits per heavy atom.